The second-order valence-electron chi connectivity index (χ2n) is 15.9. The molecule has 0 N–H and O–H groups in total. The molecule has 6 aromatic heterocycles. The van der Waals surface area contributed by atoms with Crippen molar-refractivity contribution in [3.05, 3.63) is 77.8 Å². The highest BCUT2D eigenvalue weighted by Crippen LogP contribution is 2.38. The lowest BCUT2D eigenvalue weighted by Crippen LogP contribution is -2.45. The molecule has 0 aliphatic carbocycles. The number of fused-ring (bicyclic) bond motifs is 2. The molecule has 0 radical (unpaired) electrons. The molecular formula is C41H54BClF8N10O6. The summed E-state index contributed by atoms with van der Waals surface area (Å²) in [6.07, 6.45) is -0.771. The number of hydrogen-bond donors (Lipinski definition) is 0. The average Bonchev–Trinajstić information content (AvgIpc) is 3.84. The molecule has 1 saturated heterocycles. The van der Waals surface area contributed by atoms with Crippen molar-refractivity contribution in [3.63, 3.8) is 0 Å². The van der Waals surface area contributed by atoms with Gasteiger partial charge < -0.3 is 28.3 Å². The van der Waals surface area contributed by atoms with Crippen molar-refractivity contribution in [2.45, 2.75) is 126 Å². The highest BCUT2D eigenvalue weighted by atomic mass is 35.5. The van der Waals surface area contributed by atoms with Crippen LogP contribution in [-0.2, 0) is 32.0 Å². The van der Waals surface area contributed by atoms with Crippen LogP contribution in [0.1, 0.15) is 89.3 Å². The Kier molecular flexibility index (Phi) is 18.7. The van der Waals surface area contributed by atoms with Crippen LogP contribution in [-0.4, -0.2) is 105 Å². The normalized spacial score (nSPS) is 14.5. The maximum Gasteiger partial charge on any atom is 0.496 e. The van der Waals surface area contributed by atoms with Crippen LogP contribution < -0.4 is 14.9 Å². The Morgan fingerprint density at radius 2 is 1.06 bits per heavy atom. The number of hydrogen-bond acceptors (Lipinski definition) is 14. The van der Waals surface area contributed by atoms with Gasteiger partial charge in [0.25, 0.3) is 11.8 Å². The first-order valence-electron chi connectivity index (χ1n) is 18.8. The van der Waals surface area contributed by atoms with Gasteiger partial charge in [0.15, 0.2) is 45.8 Å². The van der Waals surface area contributed by atoms with Crippen molar-refractivity contribution < 1.29 is 63.4 Å². The van der Waals surface area contributed by atoms with Crippen LogP contribution in [0.4, 0.5) is 35.1 Å². The minimum absolute atomic E-state index is 0. The van der Waals surface area contributed by atoms with Crippen molar-refractivity contribution >= 4 is 35.5 Å². The second kappa shape index (κ2) is 21.7. The third-order valence-corrected chi connectivity index (χ3v) is 9.96. The Morgan fingerprint density at radius 3 is 1.49 bits per heavy atom. The van der Waals surface area contributed by atoms with Gasteiger partial charge in [-0.2, -0.15) is 26.3 Å². The lowest BCUT2D eigenvalue weighted by molar-refractivity contribution is -0.236. The van der Waals surface area contributed by atoms with E-state index < -0.39 is 65.3 Å². The van der Waals surface area contributed by atoms with Gasteiger partial charge >= 0.3 is 19.5 Å². The number of aromatic nitrogens is 10. The first kappa shape index (κ1) is 57.8. The summed E-state index contributed by atoms with van der Waals surface area (Å²) in [5.74, 6) is -2.30. The number of ether oxygens (including phenoxy) is 4. The fourth-order valence-electron chi connectivity index (χ4n) is 5.14. The SMILES string of the molecule is C.C.C.CC(C)(Oc1ncc(B2OC(C)(C)C(C)(C)O2)cc1F)C(F)(F)F.COCc1nnc2cnc(-c3cnc(OC(C)(C)C(F)(F)F)c(F)c3)cn12.COCc1nnc2cnc(Cl)cn12. The molecule has 370 valence electrons. The number of halogens is 9. The van der Waals surface area contributed by atoms with Gasteiger partial charge in [0.05, 0.1) is 29.3 Å². The van der Waals surface area contributed by atoms with Crippen molar-refractivity contribution in [3.8, 4) is 23.0 Å². The zero-order chi connectivity index (χ0) is 47.6. The third kappa shape index (κ3) is 13.2. The largest absolute Gasteiger partial charge is 0.496 e. The summed E-state index contributed by atoms with van der Waals surface area (Å²) in [7, 11) is 2.25. The Hall–Kier alpha value is -5.37. The van der Waals surface area contributed by atoms with Gasteiger partial charge in [-0.15, -0.1) is 20.4 Å². The molecule has 6 aromatic rings. The molecule has 0 atom stereocenters. The van der Waals surface area contributed by atoms with Gasteiger partial charge in [-0.1, -0.05) is 33.9 Å². The highest BCUT2D eigenvalue weighted by Gasteiger charge is 2.53. The summed E-state index contributed by atoms with van der Waals surface area (Å²) in [6.45, 7) is 11.1. The predicted octanol–water partition coefficient (Wildman–Crippen LogP) is 9.26. The van der Waals surface area contributed by atoms with Gasteiger partial charge in [0, 0.05) is 50.0 Å². The van der Waals surface area contributed by atoms with E-state index in [9.17, 15) is 35.1 Å². The Balaban J connectivity index is 0.000000355. The molecule has 1 aliphatic heterocycles. The Morgan fingerprint density at radius 1 is 0.627 bits per heavy atom. The highest BCUT2D eigenvalue weighted by molar-refractivity contribution is 6.62. The standard InChI is InChI=1S/C16H15F4N5O2.C15H20BF4NO3.C7H7ClN4O.3CH4/c1-15(2,16(18,19)20)27-14-10(17)4-9(5-22-14)11-7-25-12(6-21-11)23-24-13(25)8-26-3;1-12(2)13(3,4)24-16(23-12)9-7-10(17)11(21-8-9)22-14(5,6)15(18,19)20;1-13-4-7-11-10-6-2-9-5(8)3-12(6)7;;;/h4-7H,8H2,1-3H3;7-8H,1-6H3;2-3H,4H2,1H3;3*1H4. The van der Waals surface area contributed by atoms with Crippen molar-refractivity contribution in [2.24, 2.45) is 0 Å². The molecule has 0 amide bonds. The summed E-state index contributed by atoms with van der Waals surface area (Å²) >= 11 is 5.72. The maximum absolute atomic E-state index is 14.3. The third-order valence-electron chi connectivity index (χ3n) is 9.77. The minimum atomic E-state index is -4.68. The number of pyridine rings is 2. The van der Waals surface area contributed by atoms with Gasteiger partial charge in [-0.25, -0.2) is 23.7 Å². The zero-order valence-electron chi connectivity index (χ0n) is 35.9. The molecule has 1 fully saturated rings. The Bertz CT molecular complexity index is 2560. The molecule has 0 aromatic carbocycles. The molecule has 67 heavy (non-hydrogen) atoms. The maximum atomic E-state index is 14.3. The van der Waals surface area contributed by atoms with Crippen LogP contribution in [0.2, 0.25) is 5.15 Å². The number of nitrogens with zero attached hydrogens (tertiary/aromatic N) is 10. The molecule has 7 heterocycles. The van der Waals surface area contributed by atoms with Gasteiger partial charge in [0.1, 0.15) is 18.4 Å². The van der Waals surface area contributed by atoms with E-state index in [-0.39, 0.29) is 39.9 Å². The number of alkyl halides is 6. The fraction of sp³-hybridized carbons (Fsp3) is 0.512. The molecule has 0 bridgehead atoms. The van der Waals surface area contributed by atoms with Gasteiger partial charge in [-0.05, 0) is 67.5 Å². The predicted molar refractivity (Wildman–Crippen MR) is 233 cm³/mol. The van der Waals surface area contributed by atoms with Crippen LogP contribution in [0.5, 0.6) is 11.8 Å². The summed E-state index contributed by atoms with van der Waals surface area (Å²) in [4.78, 5) is 15.4. The van der Waals surface area contributed by atoms with Crippen LogP contribution in [0.15, 0.2) is 49.3 Å². The van der Waals surface area contributed by atoms with E-state index >= 15 is 0 Å². The van der Waals surface area contributed by atoms with Crippen molar-refractivity contribution in [1.29, 1.82) is 0 Å². The quantitative estimate of drug-likeness (QED) is 0.0941. The van der Waals surface area contributed by atoms with E-state index in [2.05, 4.69) is 40.3 Å². The van der Waals surface area contributed by atoms with Crippen molar-refractivity contribution in [2.75, 3.05) is 14.2 Å². The average molecular weight is 981 g/mol. The summed E-state index contributed by atoms with van der Waals surface area (Å²) < 4.78 is 140. The molecule has 0 unspecified atom stereocenters. The summed E-state index contributed by atoms with van der Waals surface area (Å²) in [5, 5.41) is 16.1. The van der Waals surface area contributed by atoms with E-state index in [4.69, 9.17) is 39.9 Å². The molecule has 26 heteroatoms. The van der Waals surface area contributed by atoms with Gasteiger partial charge in [0.2, 0.25) is 0 Å². The number of rotatable bonds is 10. The lowest BCUT2D eigenvalue weighted by atomic mass is 9.80. The number of methoxy groups -OCH3 is 2. The van der Waals surface area contributed by atoms with Crippen LogP contribution in [0.25, 0.3) is 22.6 Å². The van der Waals surface area contributed by atoms with Crippen LogP contribution in [0.3, 0.4) is 0 Å². The molecule has 1 aliphatic rings. The first-order chi connectivity index (χ1) is 29.6. The van der Waals surface area contributed by atoms with Crippen LogP contribution >= 0.6 is 11.6 Å². The molecular weight excluding hydrogens is 927 g/mol. The molecule has 7 rings (SSSR count). The van der Waals surface area contributed by atoms with Crippen LogP contribution in [0, 0.1) is 11.6 Å². The molecule has 0 saturated carbocycles. The van der Waals surface area contributed by atoms with Crippen molar-refractivity contribution in [1.82, 2.24) is 49.1 Å². The second-order valence-corrected chi connectivity index (χ2v) is 16.3. The minimum Gasteiger partial charge on any atom is -0.460 e. The summed E-state index contributed by atoms with van der Waals surface area (Å²) in [6, 6.07) is 2.01. The first-order valence-corrected chi connectivity index (χ1v) is 19.2. The lowest BCUT2D eigenvalue weighted by Gasteiger charge is -2.32. The molecule has 16 nitrogen and oxygen atoms in total. The van der Waals surface area contributed by atoms with E-state index in [1.807, 2.05) is 27.7 Å². The van der Waals surface area contributed by atoms with E-state index in [1.165, 1.54) is 25.7 Å². The fourth-order valence-corrected chi connectivity index (χ4v) is 5.29. The van der Waals surface area contributed by atoms with E-state index in [1.54, 1.807) is 34.5 Å². The summed E-state index contributed by atoms with van der Waals surface area (Å²) in [5.41, 5.74) is -4.42. The van der Waals surface area contributed by atoms with Gasteiger partial charge in [-0.3, -0.25) is 13.8 Å². The van der Waals surface area contributed by atoms with E-state index in [0.717, 1.165) is 39.8 Å². The molecule has 0 spiro atoms. The monoisotopic (exact) mass is 980 g/mol. The zero-order valence-corrected chi connectivity index (χ0v) is 36.7. The Labute approximate surface area is 387 Å². The topological polar surface area (TPSA) is 167 Å². The smallest absolute Gasteiger partial charge is 0.460 e. The van der Waals surface area contributed by atoms with E-state index in [0.29, 0.717) is 40.4 Å².